The van der Waals surface area contributed by atoms with E-state index in [-0.39, 0.29) is 11.8 Å². The Morgan fingerprint density at radius 1 is 1.50 bits per heavy atom. The maximum absolute atomic E-state index is 11.6. The SMILES string of the molecule is CNCCC(=O)Nc1ccc2c(c1)NC(=O)CS2. The van der Waals surface area contributed by atoms with Gasteiger partial charge in [-0.05, 0) is 25.2 Å². The summed E-state index contributed by atoms with van der Waals surface area (Å²) >= 11 is 1.50. The van der Waals surface area contributed by atoms with Crippen LogP contribution in [0.5, 0.6) is 0 Å². The standard InChI is InChI=1S/C12H15N3O2S/c1-13-5-4-11(16)14-8-2-3-10-9(6-8)15-12(17)7-18-10/h2-3,6,13H,4-5,7H2,1H3,(H,14,16)(H,15,17). The van der Waals surface area contributed by atoms with Crippen LogP contribution < -0.4 is 16.0 Å². The molecule has 96 valence electrons. The zero-order valence-corrected chi connectivity index (χ0v) is 10.9. The van der Waals surface area contributed by atoms with Crippen molar-refractivity contribution in [3.63, 3.8) is 0 Å². The Kier molecular flexibility index (Phi) is 4.22. The Labute approximate surface area is 110 Å². The number of fused-ring (bicyclic) bond motifs is 1. The number of thioether (sulfide) groups is 1. The van der Waals surface area contributed by atoms with Gasteiger partial charge in [-0.25, -0.2) is 0 Å². The van der Waals surface area contributed by atoms with Gasteiger partial charge in [0.15, 0.2) is 0 Å². The molecule has 0 aliphatic carbocycles. The number of carbonyl (C=O) groups is 2. The summed E-state index contributed by atoms with van der Waals surface area (Å²) in [6.07, 6.45) is 0.425. The van der Waals surface area contributed by atoms with E-state index >= 15 is 0 Å². The monoisotopic (exact) mass is 265 g/mol. The molecule has 2 rings (SSSR count). The predicted molar refractivity (Wildman–Crippen MR) is 73.0 cm³/mol. The van der Waals surface area contributed by atoms with Crippen molar-refractivity contribution in [3.8, 4) is 0 Å². The molecule has 18 heavy (non-hydrogen) atoms. The number of hydrogen-bond donors (Lipinski definition) is 3. The van der Waals surface area contributed by atoms with E-state index in [2.05, 4.69) is 16.0 Å². The van der Waals surface area contributed by atoms with Crippen LogP contribution in [0, 0.1) is 0 Å². The molecule has 0 unspecified atom stereocenters. The summed E-state index contributed by atoms with van der Waals surface area (Å²) in [4.78, 5) is 23.9. The van der Waals surface area contributed by atoms with Crippen molar-refractivity contribution >= 4 is 35.0 Å². The molecule has 1 heterocycles. The summed E-state index contributed by atoms with van der Waals surface area (Å²) in [6.45, 7) is 0.642. The lowest BCUT2D eigenvalue weighted by atomic mass is 10.2. The van der Waals surface area contributed by atoms with E-state index in [1.165, 1.54) is 11.8 Å². The normalized spacial score (nSPS) is 13.7. The molecule has 1 aliphatic rings. The maximum atomic E-state index is 11.6. The summed E-state index contributed by atoms with van der Waals surface area (Å²) < 4.78 is 0. The molecule has 1 aromatic rings. The van der Waals surface area contributed by atoms with Crippen molar-refractivity contribution in [2.24, 2.45) is 0 Å². The van der Waals surface area contributed by atoms with Crippen molar-refractivity contribution in [2.45, 2.75) is 11.3 Å². The van der Waals surface area contributed by atoms with E-state index < -0.39 is 0 Å². The number of benzene rings is 1. The number of amides is 2. The first kappa shape index (κ1) is 12.9. The summed E-state index contributed by atoms with van der Waals surface area (Å²) in [5, 5.41) is 8.51. The lowest BCUT2D eigenvalue weighted by Gasteiger charge is -2.17. The van der Waals surface area contributed by atoms with Crippen molar-refractivity contribution in [1.82, 2.24) is 5.32 Å². The lowest BCUT2D eigenvalue weighted by Crippen LogP contribution is -2.20. The van der Waals surface area contributed by atoms with Crippen molar-refractivity contribution in [2.75, 3.05) is 30.0 Å². The van der Waals surface area contributed by atoms with E-state index in [1.807, 2.05) is 12.1 Å². The molecule has 6 heteroatoms. The average Bonchev–Trinajstić information content (AvgIpc) is 2.36. The summed E-state index contributed by atoms with van der Waals surface area (Å²) in [6, 6.07) is 5.55. The highest BCUT2D eigenvalue weighted by molar-refractivity contribution is 8.00. The number of anilines is 2. The quantitative estimate of drug-likeness (QED) is 0.767. The lowest BCUT2D eigenvalue weighted by molar-refractivity contribution is -0.116. The third-order valence-corrected chi connectivity index (χ3v) is 3.57. The van der Waals surface area contributed by atoms with Gasteiger partial charge in [0.2, 0.25) is 11.8 Å². The number of nitrogens with one attached hydrogen (secondary N) is 3. The molecule has 0 saturated carbocycles. The number of rotatable bonds is 4. The predicted octanol–water partition coefficient (Wildman–Crippen LogP) is 1.28. The third-order valence-electron chi connectivity index (χ3n) is 2.50. The van der Waals surface area contributed by atoms with Crippen molar-refractivity contribution in [3.05, 3.63) is 18.2 Å². The molecular weight excluding hydrogens is 250 g/mol. The van der Waals surface area contributed by atoms with E-state index in [9.17, 15) is 9.59 Å². The minimum Gasteiger partial charge on any atom is -0.326 e. The van der Waals surface area contributed by atoms with Gasteiger partial charge in [0.25, 0.3) is 0 Å². The van der Waals surface area contributed by atoms with Gasteiger partial charge in [-0.2, -0.15) is 0 Å². The second-order valence-electron chi connectivity index (χ2n) is 3.95. The molecule has 1 aromatic carbocycles. The van der Waals surface area contributed by atoms with Gasteiger partial charge in [-0.3, -0.25) is 9.59 Å². The van der Waals surface area contributed by atoms with Gasteiger partial charge in [0, 0.05) is 23.5 Å². The molecule has 0 atom stereocenters. The van der Waals surface area contributed by atoms with Crippen LogP contribution in [0.1, 0.15) is 6.42 Å². The Balaban J connectivity index is 2.04. The van der Waals surface area contributed by atoms with E-state index in [1.54, 1.807) is 13.1 Å². The van der Waals surface area contributed by atoms with E-state index in [0.29, 0.717) is 24.4 Å². The van der Waals surface area contributed by atoms with Gasteiger partial charge >= 0.3 is 0 Å². The Morgan fingerprint density at radius 2 is 2.33 bits per heavy atom. The molecule has 0 saturated heterocycles. The number of hydrogen-bond acceptors (Lipinski definition) is 4. The average molecular weight is 265 g/mol. The molecule has 0 radical (unpaired) electrons. The molecular formula is C12H15N3O2S. The molecule has 5 nitrogen and oxygen atoms in total. The molecule has 1 aliphatic heterocycles. The minimum atomic E-state index is -0.0425. The van der Waals surface area contributed by atoms with Crippen LogP contribution in [-0.4, -0.2) is 31.2 Å². The molecule has 0 fully saturated rings. The minimum absolute atomic E-state index is 0.00819. The Bertz CT molecular complexity index is 476. The van der Waals surface area contributed by atoms with E-state index in [0.717, 1.165) is 10.6 Å². The van der Waals surface area contributed by atoms with Crippen molar-refractivity contribution in [1.29, 1.82) is 0 Å². The topological polar surface area (TPSA) is 70.2 Å². The fourth-order valence-electron chi connectivity index (χ4n) is 1.62. The fraction of sp³-hybridized carbons (Fsp3) is 0.333. The Morgan fingerprint density at radius 3 is 3.11 bits per heavy atom. The second-order valence-corrected chi connectivity index (χ2v) is 4.97. The largest absolute Gasteiger partial charge is 0.326 e. The van der Waals surface area contributed by atoms with Crippen LogP contribution in [0.25, 0.3) is 0 Å². The summed E-state index contributed by atoms with van der Waals surface area (Å²) in [7, 11) is 1.80. The first-order valence-corrected chi connectivity index (χ1v) is 6.69. The highest BCUT2D eigenvalue weighted by Gasteiger charge is 2.15. The smallest absolute Gasteiger partial charge is 0.234 e. The molecule has 2 amide bonds. The summed E-state index contributed by atoms with van der Waals surface area (Å²) in [5.41, 5.74) is 1.47. The van der Waals surface area contributed by atoms with Gasteiger partial charge in [0.05, 0.1) is 11.4 Å². The van der Waals surface area contributed by atoms with Gasteiger partial charge < -0.3 is 16.0 Å². The van der Waals surface area contributed by atoms with Crippen LogP contribution in [0.15, 0.2) is 23.1 Å². The molecule has 3 N–H and O–H groups in total. The zero-order valence-electron chi connectivity index (χ0n) is 10.1. The maximum Gasteiger partial charge on any atom is 0.234 e. The molecule has 0 bridgehead atoms. The van der Waals surface area contributed by atoms with Crippen LogP contribution in [0.2, 0.25) is 0 Å². The van der Waals surface area contributed by atoms with E-state index in [4.69, 9.17) is 0 Å². The Hall–Kier alpha value is -1.53. The second kappa shape index (κ2) is 5.88. The molecule has 0 spiro atoms. The van der Waals surface area contributed by atoms with Crippen LogP contribution in [0.4, 0.5) is 11.4 Å². The first-order valence-electron chi connectivity index (χ1n) is 5.70. The van der Waals surface area contributed by atoms with Crippen LogP contribution in [-0.2, 0) is 9.59 Å². The highest BCUT2D eigenvalue weighted by atomic mass is 32.2. The summed E-state index contributed by atoms with van der Waals surface area (Å²) in [5.74, 6) is 0.395. The van der Waals surface area contributed by atoms with Gasteiger partial charge in [0.1, 0.15) is 0 Å². The number of carbonyl (C=O) groups excluding carboxylic acids is 2. The third kappa shape index (κ3) is 3.24. The fourth-order valence-corrected chi connectivity index (χ4v) is 2.41. The highest BCUT2D eigenvalue weighted by Crippen LogP contribution is 2.33. The molecule has 0 aromatic heterocycles. The van der Waals surface area contributed by atoms with Crippen molar-refractivity contribution < 1.29 is 9.59 Å². The first-order chi connectivity index (χ1) is 8.69. The zero-order chi connectivity index (χ0) is 13.0. The van der Waals surface area contributed by atoms with Crippen LogP contribution in [0.3, 0.4) is 0 Å². The van der Waals surface area contributed by atoms with Crippen LogP contribution >= 0.6 is 11.8 Å². The van der Waals surface area contributed by atoms with Gasteiger partial charge in [-0.15, -0.1) is 11.8 Å². The van der Waals surface area contributed by atoms with Gasteiger partial charge in [-0.1, -0.05) is 0 Å².